The Kier molecular flexibility index (Phi) is 4.95. The number of ketones is 1. The predicted molar refractivity (Wildman–Crippen MR) is 80.7 cm³/mol. The van der Waals surface area contributed by atoms with Gasteiger partial charge in [0.15, 0.2) is 6.61 Å². The Morgan fingerprint density at radius 3 is 2.18 bits per heavy atom. The molecule has 22 heavy (non-hydrogen) atoms. The number of hydrogen-bond acceptors (Lipinski definition) is 6. The van der Waals surface area contributed by atoms with Gasteiger partial charge in [0.25, 0.3) is 5.56 Å². The second-order valence-corrected chi connectivity index (χ2v) is 6.29. The lowest BCUT2D eigenvalue weighted by molar-refractivity contribution is -0.144. The Morgan fingerprint density at radius 1 is 1.14 bits per heavy atom. The molecule has 0 bridgehead atoms. The third-order valence-corrected chi connectivity index (χ3v) is 3.03. The quantitative estimate of drug-likeness (QED) is 0.610. The molecule has 1 aromatic heterocycles. The molecule has 0 spiro atoms. The number of nitrogens with zero attached hydrogens (tertiary/aromatic N) is 2. The fourth-order valence-electron chi connectivity index (χ4n) is 1.82. The number of ether oxygens (including phenoxy) is 1. The Morgan fingerprint density at radius 2 is 1.68 bits per heavy atom. The lowest BCUT2D eigenvalue weighted by atomic mass is 9.92. The van der Waals surface area contributed by atoms with E-state index in [-0.39, 0.29) is 23.2 Å². The average molecular weight is 311 g/mol. The third kappa shape index (κ3) is 3.84. The van der Waals surface area contributed by atoms with Crippen LogP contribution in [-0.2, 0) is 23.6 Å². The van der Waals surface area contributed by atoms with Crippen molar-refractivity contribution in [2.75, 3.05) is 12.3 Å². The van der Waals surface area contributed by atoms with Crippen molar-refractivity contribution in [3.05, 3.63) is 26.4 Å². The van der Waals surface area contributed by atoms with E-state index in [0.717, 1.165) is 9.13 Å². The van der Waals surface area contributed by atoms with Crippen LogP contribution in [0.3, 0.4) is 0 Å². The molecule has 8 heteroatoms. The summed E-state index contributed by atoms with van der Waals surface area (Å²) in [6, 6.07) is 0. The molecule has 8 nitrogen and oxygen atoms in total. The summed E-state index contributed by atoms with van der Waals surface area (Å²) >= 11 is 0. The molecule has 1 aromatic rings. The molecule has 0 atom stereocenters. The van der Waals surface area contributed by atoms with Crippen molar-refractivity contribution in [1.82, 2.24) is 9.13 Å². The first-order valence-corrected chi connectivity index (χ1v) is 6.70. The highest BCUT2D eigenvalue weighted by atomic mass is 16.5. The molecule has 0 aliphatic rings. The van der Waals surface area contributed by atoms with Gasteiger partial charge >= 0.3 is 11.7 Å². The largest absolute Gasteiger partial charge is 0.457 e. The smallest absolute Gasteiger partial charge is 0.332 e. The van der Waals surface area contributed by atoms with E-state index in [1.807, 2.05) is 20.8 Å². The van der Waals surface area contributed by atoms with Gasteiger partial charge in [-0.1, -0.05) is 20.8 Å². The van der Waals surface area contributed by atoms with Gasteiger partial charge in [0.1, 0.15) is 11.4 Å². The monoisotopic (exact) mass is 311 g/mol. The van der Waals surface area contributed by atoms with Crippen LogP contribution in [0.15, 0.2) is 9.59 Å². The topological polar surface area (TPSA) is 113 Å². The van der Waals surface area contributed by atoms with E-state index >= 15 is 0 Å². The maximum Gasteiger partial charge on any atom is 0.332 e. The fraction of sp³-hybridized carbons (Fsp3) is 0.571. The summed E-state index contributed by atoms with van der Waals surface area (Å²) in [4.78, 5) is 47.3. The molecule has 0 fully saturated rings. The SMILES string of the molecule is Cn1c(N)c(C(=O)COC(=O)CC(C)(C)C)c(=O)n(C)c1=O. The molecular weight excluding hydrogens is 290 g/mol. The zero-order valence-electron chi connectivity index (χ0n) is 13.4. The summed E-state index contributed by atoms with van der Waals surface area (Å²) < 4.78 is 6.64. The molecule has 0 aliphatic heterocycles. The van der Waals surface area contributed by atoms with Gasteiger partial charge in [0.2, 0.25) is 5.78 Å². The van der Waals surface area contributed by atoms with E-state index in [2.05, 4.69) is 0 Å². The van der Waals surface area contributed by atoms with Crippen LogP contribution in [0.2, 0.25) is 0 Å². The van der Waals surface area contributed by atoms with E-state index < -0.39 is 29.6 Å². The number of rotatable bonds is 4. The van der Waals surface area contributed by atoms with E-state index in [0.29, 0.717) is 0 Å². The Bertz CT molecular complexity index is 722. The number of aromatic nitrogens is 2. The van der Waals surface area contributed by atoms with Crippen molar-refractivity contribution >= 4 is 17.6 Å². The summed E-state index contributed by atoms with van der Waals surface area (Å²) in [6.45, 7) is 4.98. The Labute approximate surface area is 127 Å². The molecule has 1 heterocycles. The Hall–Kier alpha value is -2.38. The molecule has 0 radical (unpaired) electrons. The van der Waals surface area contributed by atoms with Gasteiger partial charge in [-0.2, -0.15) is 0 Å². The van der Waals surface area contributed by atoms with Crippen LogP contribution in [0.4, 0.5) is 5.82 Å². The van der Waals surface area contributed by atoms with Crippen molar-refractivity contribution in [3.8, 4) is 0 Å². The molecule has 0 aliphatic carbocycles. The molecule has 0 amide bonds. The molecule has 1 rings (SSSR count). The van der Waals surface area contributed by atoms with Gasteiger partial charge < -0.3 is 10.5 Å². The van der Waals surface area contributed by atoms with Gasteiger partial charge in [0, 0.05) is 14.1 Å². The minimum absolute atomic E-state index is 0.140. The number of hydrogen-bond donors (Lipinski definition) is 1. The average Bonchev–Trinajstić information content (AvgIpc) is 2.39. The van der Waals surface area contributed by atoms with Crippen LogP contribution in [-0.4, -0.2) is 27.5 Å². The zero-order valence-corrected chi connectivity index (χ0v) is 13.4. The van der Waals surface area contributed by atoms with Crippen LogP contribution in [0.25, 0.3) is 0 Å². The van der Waals surface area contributed by atoms with Gasteiger partial charge in [-0.05, 0) is 5.41 Å². The Balaban J connectivity index is 2.99. The molecule has 0 saturated heterocycles. The summed E-state index contributed by atoms with van der Waals surface area (Å²) in [5.41, 5.74) is 3.58. The maximum atomic E-state index is 12.1. The van der Waals surface area contributed by atoms with Crippen LogP contribution >= 0.6 is 0 Å². The molecule has 0 saturated carbocycles. The van der Waals surface area contributed by atoms with Gasteiger partial charge in [0.05, 0.1) is 6.42 Å². The highest BCUT2D eigenvalue weighted by molar-refractivity contribution is 6.01. The van der Waals surface area contributed by atoms with Crippen molar-refractivity contribution in [3.63, 3.8) is 0 Å². The van der Waals surface area contributed by atoms with Gasteiger partial charge in [-0.3, -0.25) is 23.5 Å². The highest BCUT2D eigenvalue weighted by Gasteiger charge is 2.23. The number of anilines is 1. The second-order valence-electron chi connectivity index (χ2n) is 6.29. The number of carbonyl (C=O) groups is 2. The van der Waals surface area contributed by atoms with Crippen LogP contribution < -0.4 is 17.0 Å². The predicted octanol–water partition coefficient (Wildman–Crippen LogP) is -0.172. The van der Waals surface area contributed by atoms with Crippen molar-refractivity contribution < 1.29 is 14.3 Å². The minimum Gasteiger partial charge on any atom is -0.457 e. The summed E-state index contributed by atoms with van der Waals surface area (Å²) in [5, 5.41) is 0. The first-order chi connectivity index (χ1) is 9.95. The molecule has 122 valence electrons. The van der Waals surface area contributed by atoms with E-state index in [1.54, 1.807) is 0 Å². The normalized spacial score (nSPS) is 11.3. The van der Waals surface area contributed by atoms with Crippen molar-refractivity contribution in [1.29, 1.82) is 0 Å². The molecule has 0 aromatic carbocycles. The number of Topliss-reactive ketones (excluding diaryl/α,β-unsaturated/α-hetero) is 1. The van der Waals surface area contributed by atoms with Gasteiger partial charge in [-0.15, -0.1) is 0 Å². The molecule has 2 N–H and O–H groups in total. The third-order valence-electron chi connectivity index (χ3n) is 3.03. The number of nitrogen functional groups attached to an aromatic ring is 1. The molecular formula is C14H21N3O5. The second kappa shape index (κ2) is 6.17. The zero-order chi connectivity index (χ0) is 17.2. The van der Waals surface area contributed by atoms with Crippen molar-refractivity contribution in [2.24, 2.45) is 19.5 Å². The standard InChI is InChI=1S/C14H21N3O5/c1-14(2,3)6-9(19)22-7-8(18)10-11(15)16(4)13(21)17(5)12(10)20/h6-7,15H2,1-5H3. The summed E-state index contributed by atoms with van der Waals surface area (Å²) in [6.07, 6.45) is 0.140. The van der Waals surface area contributed by atoms with E-state index in [9.17, 15) is 19.2 Å². The summed E-state index contributed by atoms with van der Waals surface area (Å²) in [7, 11) is 2.59. The van der Waals surface area contributed by atoms with Crippen LogP contribution in [0.5, 0.6) is 0 Å². The van der Waals surface area contributed by atoms with E-state index in [1.165, 1.54) is 14.1 Å². The first kappa shape index (κ1) is 17.7. The number of esters is 1. The number of nitrogens with two attached hydrogens (primary N) is 1. The highest BCUT2D eigenvalue weighted by Crippen LogP contribution is 2.18. The minimum atomic E-state index is -0.808. The van der Waals surface area contributed by atoms with Gasteiger partial charge in [-0.25, -0.2) is 4.79 Å². The fourth-order valence-corrected chi connectivity index (χ4v) is 1.82. The maximum absolute atomic E-state index is 12.1. The lowest BCUT2D eigenvalue weighted by Crippen LogP contribution is -2.42. The summed E-state index contributed by atoms with van der Waals surface area (Å²) in [5.74, 6) is -1.53. The lowest BCUT2D eigenvalue weighted by Gasteiger charge is -2.16. The van der Waals surface area contributed by atoms with Crippen molar-refractivity contribution in [2.45, 2.75) is 27.2 Å². The van der Waals surface area contributed by atoms with Crippen LogP contribution in [0.1, 0.15) is 37.6 Å². The van der Waals surface area contributed by atoms with Crippen LogP contribution in [0, 0.1) is 5.41 Å². The number of carbonyl (C=O) groups excluding carboxylic acids is 2. The molecule has 0 unspecified atom stereocenters. The van der Waals surface area contributed by atoms with E-state index in [4.69, 9.17) is 10.5 Å². The first-order valence-electron chi connectivity index (χ1n) is 6.70.